The fourth-order valence-corrected chi connectivity index (χ4v) is 2.17. The van der Waals surface area contributed by atoms with Crippen LogP contribution in [0.1, 0.15) is 32.3 Å². The van der Waals surface area contributed by atoms with Crippen LogP contribution in [0.2, 0.25) is 0 Å². The van der Waals surface area contributed by atoms with Crippen LogP contribution in [-0.2, 0) is 10.2 Å². The average Bonchev–Trinajstić information content (AvgIpc) is 3.20. The molecule has 0 radical (unpaired) electrons. The third-order valence-electron chi connectivity index (χ3n) is 4.01. The first-order valence-electron chi connectivity index (χ1n) is 6.57. The molecule has 2 atom stereocenters. The number of aliphatic hydroxyl groups excluding tert-OH is 1. The molecule has 0 heterocycles. The maximum atomic E-state index is 12.4. The summed E-state index contributed by atoms with van der Waals surface area (Å²) in [7, 11) is 0. The highest BCUT2D eigenvalue weighted by Gasteiger charge is 2.51. The van der Waals surface area contributed by atoms with Gasteiger partial charge in [-0.05, 0) is 31.2 Å². The zero-order chi connectivity index (χ0) is 13.2. The molecule has 1 aromatic rings. The molecule has 2 unspecified atom stereocenters. The lowest BCUT2D eigenvalue weighted by molar-refractivity contribution is -0.124. The number of carbonyl (C=O) groups excluding carboxylic acids is 1. The lowest BCUT2D eigenvalue weighted by atomic mass is 9.94. The SMILES string of the molecule is CC(CO)C(C)NC(=O)C1(c2ccccc2)CC1. The predicted octanol–water partition coefficient (Wildman–Crippen LogP) is 1.85. The number of aliphatic hydroxyl groups is 1. The van der Waals surface area contributed by atoms with Gasteiger partial charge in [-0.15, -0.1) is 0 Å². The lowest BCUT2D eigenvalue weighted by Gasteiger charge is -2.23. The maximum Gasteiger partial charge on any atom is 0.230 e. The number of rotatable bonds is 5. The molecule has 2 rings (SSSR count). The molecule has 0 aliphatic heterocycles. The van der Waals surface area contributed by atoms with Crippen LogP contribution in [0, 0.1) is 5.92 Å². The molecular weight excluding hydrogens is 226 g/mol. The van der Waals surface area contributed by atoms with Crippen molar-refractivity contribution in [1.82, 2.24) is 5.32 Å². The van der Waals surface area contributed by atoms with Crippen molar-refractivity contribution in [3.8, 4) is 0 Å². The van der Waals surface area contributed by atoms with E-state index in [1.165, 1.54) is 0 Å². The Morgan fingerprint density at radius 3 is 2.44 bits per heavy atom. The van der Waals surface area contributed by atoms with Crippen LogP contribution in [0.4, 0.5) is 0 Å². The Balaban J connectivity index is 2.06. The van der Waals surface area contributed by atoms with Gasteiger partial charge < -0.3 is 10.4 Å². The van der Waals surface area contributed by atoms with E-state index in [1.54, 1.807) is 0 Å². The van der Waals surface area contributed by atoms with Gasteiger partial charge in [0.2, 0.25) is 5.91 Å². The Kier molecular flexibility index (Phi) is 3.71. The second-order valence-corrected chi connectivity index (χ2v) is 5.37. The van der Waals surface area contributed by atoms with Gasteiger partial charge in [0, 0.05) is 12.6 Å². The van der Waals surface area contributed by atoms with Gasteiger partial charge in [-0.1, -0.05) is 37.3 Å². The molecule has 2 N–H and O–H groups in total. The molecule has 3 nitrogen and oxygen atoms in total. The van der Waals surface area contributed by atoms with E-state index in [4.69, 9.17) is 5.11 Å². The van der Waals surface area contributed by atoms with Crippen LogP contribution in [0.5, 0.6) is 0 Å². The Bertz CT molecular complexity index is 412. The van der Waals surface area contributed by atoms with Crippen molar-refractivity contribution in [2.75, 3.05) is 6.61 Å². The van der Waals surface area contributed by atoms with Crippen LogP contribution >= 0.6 is 0 Å². The van der Waals surface area contributed by atoms with Crippen LogP contribution in [0.15, 0.2) is 30.3 Å². The third-order valence-corrected chi connectivity index (χ3v) is 4.01. The molecule has 3 heteroatoms. The minimum atomic E-state index is -0.315. The first kappa shape index (κ1) is 13.1. The average molecular weight is 247 g/mol. The summed E-state index contributed by atoms with van der Waals surface area (Å²) in [4.78, 5) is 12.4. The largest absolute Gasteiger partial charge is 0.396 e. The van der Waals surface area contributed by atoms with Crippen molar-refractivity contribution in [2.45, 2.75) is 38.1 Å². The van der Waals surface area contributed by atoms with E-state index in [0.717, 1.165) is 18.4 Å². The summed E-state index contributed by atoms with van der Waals surface area (Å²) in [6.45, 7) is 3.98. The number of nitrogens with one attached hydrogen (secondary N) is 1. The van der Waals surface area contributed by atoms with Gasteiger partial charge in [-0.25, -0.2) is 0 Å². The number of amides is 1. The van der Waals surface area contributed by atoms with E-state index in [0.29, 0.717) is 0 Å². The highest BCUT2D eigenvalue weighted by atomic mass is 16.3. The quantitative estimate of drug-likeness (QED) is 0.834. The predicted molar refractivity (Wildman–Crippen MR) is 71.2 cm³/mol. The first-order chi connectivity index (χ1) is 8.60. The topological polar surface area (TPSA) is 49.3 Å². The Morgan fingerprint density at radius 1 is 1.33 bits per heavy atom. The van der Waals surface area contributed by atoms with Crippen LogP contribution in [0.3, 0.4) is 0 Å². The summed E-state index contributed by atoms with van der Waals surface area (Å²) in [5.41, 5.74) is 0.788. The molecule has 0 spiro atoms. The number of hydrogen-bond donors (Lipinski definition) is 2. The fourth-order valence-electron chi connectivity index (χ4n) is 2.17. The van der Waals surface area contributed by atoms with Gasteiger partial charge in [0.25, 0.3) is 0 Å². The Labute approximate surface area is 108 Å². The molecule has 98 valence electrons. The van der Waals surface area contributed by atoms with E-state index in [-0.39, 0.29) is 29.9 Å². The molecule has 1 saturated carbocycles. The maximum absolute atomic E-state index is 12.4. The van der Waals surface area contributed by atoms with Crippen molar-refractivity contribution in [2.24, 2.45) is 5.92 Å². The highest BCUT2D eigenvalue weighted by Crippen LogP contribution is 2.48. The summed E-state index contributed by atoms with van der Waals surface area (Å²) >= 11 is 0. The number of hydrogen-bond acceptors (Lipinski definition) is 2. The summed E-state index contributed by atoms with van der Waals surface area (Å²) < 4.78 is 0. The Hall–Kier alpha value is -1.35. The van der Waals surface area contributed by atoms with Crippen molar-refractivity contribution >= 4 is 5.91 Å². The minimum absolute atomic E-state index is 0.00341. The molecule has 1 aliphatic rings. The molecule has 0 bridgehead atoms. The second-order valence-electron chi connectivity index (χ2n) is 5.37. The fraction of sp³-hybridized carbons (Fsp3) is 0.533. The second kappa shape index (κ2) is 5.11. The van der Waals surface area contributed by atoms with Gasteiger partial charge in [0.15, 0.2) is 0 Å². The zero-order valence-electron chi connectivity index (χ0n) is 11.0. The summed E-state index contributed by atoms with van der Waals surface area (Å²) in [6.07, 6.45) is 1.84. The molecule has 1 aromatic carbocycles. The number of carbonyl (C=O) groups is 1. The minimum Gasteiger partial charge on any atom is -0.396 e. The smallest absolute Gasteiger partial charge is 0.230 e. The van der Waals surface area contributed by atoms with E-state index < -0.39 is 0 Å². The molecule has 1 amide bonds. The van der Waals surface area contributed by atoms with Crippen molar-refractivity contribution < 1.29 is 9.90 Å². The summed E-state index contributed by atoms with van der Waals surface area (Å²) in [5, 5.41) is 12.1. The number of benzene rings is 1. The van der Waals surface area contributed by atoms with Gasteiger partial charge in [0.1, 0.15) is 0 Å². The summed E-state index contributed by atoms with van der Waals surface area (Å²) in [5.74, 6) is 0.182. The van der Waals surface area contributed by atoms with Gasteiger partial charge in [0.05, 0.1) is 5.41 Å². The van der Waals surface area contributed by atoms with E-state index in [1.807, 2.05) is 44.2 Å². The summed E-state index contributed by atoms with van der Waals surface area (Å²) in [6, 6.07) is 9.96. The Morgan fingerprint density at radius 2 is 1.94 bits per heavy atom. The van der Waals surface area contributed by atoms with Crippen LogP contribution in [-0.4, -0.2) is 23.7 Å². The molecule has 0 aromatic heterocycles. The van der Waals surface area contributed by atoms with Crippen LogP contribution < -0.4 is 5.32 Å². The third kappa shape index (κ3) is 2.41. The van der Waals surface area contributed by atoms with Crippen molar-refractivity contribution in [1.29, 1.82) is 0 Å². The highest BCUT2D eigenvalue weighted by molar-refractivity contribution is 5.91. The van der Waals surface area contributed by atoms with Gasteiger partial charge >= 0.3 is 0 Å². The molecule has 0 saturated heterocycles. The van der Waals surface area contributed by atoms with Gasteiger partial charge in [-0.2, -0.15) is 0 Å². The van der Waals surface area contributed by atoms with Gasteiger partial charge in [-0.3, -0.25) is 4.79 Å². The van der Waals surface area contributed by atoms with E-state index in [2.05, 4.69) is 5.32 Å². The standard InChI is InChI=1S/C15H21NO2/c1-11(10-17)12(2)16-14(18)15(8-9-15)13-6-4-3-5-7-13/h3-7,11-12,17H,8-10H2,1-2H3,(H,16,18). The molecule has 18 heavy (non-hydrogen) atoms. The molecular formula is C15H21NO2. The van der Waals surface area contributed by atoms with E-state index in [9.17, 15) is 4.79 Å². The molecule has 1 fully saturated rings. The van der Waals surface area contributed by atoms with Crippen molar-refractivity contribution in [3.05, 3.63) is 35.9 Å². The van der Waals surface area contributed by atoms with Crippen LogP contribution in [0.25, 0.3) is 0 Å². The van der Waals surface area contributed by atoms with E-state index >= 15 is 0 Å². The first-order valence-corrected chi connectivity index (χ1v) is 6.57. The van der Waals surface area contributed by atoms with Crippen molar-refractivity contribution in [3.63, 3.8) is 0 Å². The zero-order valence-corrected chi connectivity index (χ0v) is 11.0. The molecule has 1 aliphatic carbocycles. The monoisotopic (exact) mass is 247 g/mol. The lowest BCUT2D eigenvalue weighted by Crippen LogP contribution is -2.43. The normalized spacial score (nSPS) is 19.9.